The van der Waals surface area contributed by atoms with Crippen LogP contribution >= 0.6 is 34.9 Å². The van der Waals surface area contributed by atoms with E-state index in [2.05, 4.69) is 9.97 Å². The molecule has 2 heterocycles. The highest BCUT2D eigenvalue weighted by Gasteiger charge is 2.02. The second kappa shape index (κ2) is 2.61. The largest absolute Gasteiger partial charge is 0.326 e. The molecule has 0 aliphatic carbocycles. The number of aromatic amines is 2. The van der Waals surface area contributed by atoms with Gasteiger partial charge in [-0.1, -0.05) is 23.6 Å². The zero-order valence-electron chi connectivity index (χ0n) is 5.54. The molecule has 62 valence electrons. The standard InChI is InChI=1S/C5H2N2O2S3/c8-2-1-3(7-4(9)6-2)12-5(10)11-1/h(H2,6,7,8,9). The van der Waals surface area contributed by atoms with E-state index in [1.165, 1.54) is 22.7 Å². The van der Waals surface area contributed by atoms with Crippen LogP contribution in [0.15, 0.2) is 9.59 Å². The lowest BCUT2D eigenvalue weighted by Gasteiger charge is -1.83. The van der Waals surface area contributed by atoms with E-state index in [0.717, 1.165) is 0 Å². The van der Waals surface area contributed by atoms with Gasteiger partial charge in [0.1, 0.15) is 12.7 Å². The molecule has 7 heteroatoms. The summed E-state index contributed by atoms with van der Waals surface area (Å²) in [7, 11) is 0. The Morgan fingerprint density at radius 3 is 2.67 bits per heavy atom. The topological polar surface area (TPSA) is 65.7 Å². The van der Waals surface area contributed by atoms with Crippen molar-refractivity contribution in [3.63, 3.8) is 0 Å². The molecule has 0 aromatic carbocycles. The van der Waals surface area contributed by atoms with Crippen LogP contribution in [0.2, 0.25) is 0 Å². The molecule has 0 spiro atoms. The molecule has 0 bridgehead atoms. The van der Waals surface area contributed by atoms with E-state index in [-0.39, 0.29) is 5.56 Å². The van der Waals surface area contributed by atoms with Crippen LogP contribution < -0.4 is 11.2 Å². The minimum absolute atomic E-state index is 0.369. The molecule has 0 radical (unpaired) electrons. The average molecular weight is 218 g/mol. The molecule has 12 heavy (non-hydrogen) atoms. The maximum absolute atomic E-state index is 11.1. The molecule has 2 N–H and O–H groups in total. The summed E-state index contributed by atoms with van der Waals surface area (Å²) >= 11 is 7.32. The number of nitrogens with one attached hydrogen (secondary N) is 2. The zero-order chi connectivity index (χ0) is 8.72. The predicted molar refractivity (Wildman–Crippen MR) is 51.8 cm³/mol. The summed E-state index contributed by atoms with van der Waals surface area (Å²) < 4.78 is 1.13. The van der Waals surface area contributed by atoms with Crippen LogP contribution in [-0.2, 0) is 0 Å². The molecule has 0 unspecified atom stereocenters. The van der Waals surface area contributed by atoms with Crippen LogP contribution in [0.25, 0.3) is 9.53 Å². The Labute approximate surface area is 78.5 Å². The van der Waals surface area contributed by atoms with Crippen LogP contribution in [-0.4, -0.2) is 9.97 Å². The molecule has 2 aromatic heterocycles. The van der Waals surface area contributed by atoms with Gasteiger partial charge in [-0.15, -0.1) is 11.3 Å². The van der Waals surface area contributed by atoms with Crippen LogP contribution in [0.4, 0.5) is 0 Å². The summed E-state index contributed by atoms with van der Waals surface area (Å²) in [6.45, 7) is 0. The van der Waals surface area contributed by atoms with Crippen molar-refractivity contribution in [1.29, 1.82) is 0 Å². The molecule has 2 rings (SSSR count). The summed E-state index contributed by atoms with van der Waals surface area (Å²) in [4.78, 5) is 27.1. The Hall–Kier alpha value is -0.790. The predicted octanol–water partition coefficient (Wildman–Crippen LogP) is 1.07. The van der Waals surface area contributed by atoms with E-state index in [4.69, 9.17) is 12.2 Å². The van der Waals surface area contributed by atoms with E-state index < -0.39 is 5.69 Å². The lowest BCUT2D eigenvalue weighted by Crippen LogP contribution is -2.20. The maximum atomic E-state index is 11.1. The minimum atomic E-state index is -0.489. The van der Waals surface area contributed by atoms with Gasteiger partial charge in [0.25, 0.3) is 5.56 Å². The van der Waals surface area contributed by atoms with Gasteiger partial charge in [-0.3, -0.25) is 14.8 Å². The minimum Gasteiger partial charge on any atom is -0.298 e. The second-order valence-electron chi connectivity index (χ2n) is 2.02. The van der Waals surface area contributed by atoms with Crippen LogP contribution in [0.1, 0.15) is 0 Å². The lowest BCUT2D eigenvalue weighted by molar-refractivity contribution is 1.09. The number of fused-ring (bicyclic) bond motifs is 1. The third kappa shape index (κ3) is 1.15. The maximum Gasteiger partial charge on any atom is 0.326 e. The molecule has 0 saturated carbocycles. The summed E-state index contributed by atoms with van der Waals surface area (Å²) in [6, 6.07) is 0. The quantitative estimate of drug-likeness (QED) is 0.650. The molecule has 0 aliphatic rings. The van der Waals surface area contributed by atoms with Crippen molar-refractivity contribution in [3.05, 3.63) is 24.0 Å². The number of hydrogen-bond donors (Lipinski definition) is 2. The molecule has 0 atom stereocenters. The number of aromatic nitrogens is 2. The molecular weight excluding hydrogens is 216 g/mol. The number of H-pyrrole nitrogens is 2. The van der Waals surface area contributed by atoms with Gasteiger partial charge >= 0.3 is 5.69 Å². The summed E-state index contributed by atoms with van der Waals surface area (Å²) in [5.41, 5.74) is -0.859. The van der Waals surface area contributed by atoms with Crippen molar-refractivity contribution in [3.8, 4) is 0 Å². The fraction of sp³-hybridized carbons (Fsp3) is 0. The van der Waals surface area contributed by atoms with E-state index in [0.29, 0.717) is 12.7 Å². The normalized spacial score (nSPS) is 10.7. The Balaban J connectivity index is 3.18. The van der Waals surface area contributed by atoms with Gasteiger partial charge in [0.15, 0.2) is 0 Å². The summed E-state index contributed by atoms with van der Waals surface area (Å²) in [5, 5.41) is 0. The van der Waals surface area contributed by atoms with E-state index >= 15 is 0 Å². The highest BCUT2D eigenvalue weighted by Crippen LogP contribution is 2.21. The second-order valence-corrected chi connectivity index (χ2v) is 5.25. The Morgan fingerprint density at radius 2 is 1.92 bits per heavy atom. The van der Waals surface area contributed by atoms with Crippen molar-refractivity contribution < 1.29 is 0 Å². The van der Waals surface area contributed by atoms with Gasteiger partial charge < -0.3 is 0 Å². The first-order valence-corrected chi connectivity index (χ1v) is 4.97. The van der Waals surface area contributed by atoms with Gasteiger partial charge in [-0.05, 0) is 0 Å². The zero-order valence-corrected chi connectivity index (χ0v) is 7.99. The summed E-state index contributed by atoms with van der Waals surface area (Å²) in [6.07, 6.45) is 0. The Kier molecular flexibility index (Phi) is 1.71. The fourth-order valence-corrected chi connectivity index (χ4v) is 3.17. The molecule has 0 amide bonds. The fourth-order valence-electron chi connectivity index (χ4n) is 0.806. The SMILES string of the molecule is O=c1[nH]c(=O)c2sc(=S)sc2[nH]1. The highest BCUT2D eigenvalue weighted by atomic mass is 32.2. The number of hydrogen-bond acceptors (Lipinski definition) is 5. The molecule has 2 aromatic rings. The molecular formula is C5H2N2O2S3. The van der Waals surface area contributed by atoms with Crippen LogP contribution in [0, 0.1) is 3.14 Å². The smallest absolute Gasteiger partial charge is 0.298 e. The van der Waals surface area contributed by atoms with E-state index in [9.17, 15) is 9.59 Å². The van der Waals surface area contributed by atoms with Gasteiger partial charge in [-0.2, -0.15) is 0 Å². The van der Waals surface area contributed by atoms with Gasteiger partial charge in [0.2, 0.25) is 0 Å². The third-order valence-corrected chi connectivity index (χ3v) is 3.80. The van der Waals surface area contributed by atoms with E-state index in [1.807, 2.05) is 0 Å². The number of rotatable bonds is 0. The molecule has 4 nitrogen and oxygen atoms in total. The molecule has 0 fully saturated rings. The van der Waals surface area contributed by atoms with Crippen LogP contribution in [0.5, 0.6) is 0 Å². The van der Waals surface area contributed by atoms with Gasteiger partial charge in [-0.25, -0.2) is 4.79 Å². The first-order chi connectivity index (χ1) is 5.66. The van der Waals surface area contributed by atoms with Crippen molar-refractivity contribution in [1.82, 2.24) is 9.97 Å². The van der Waals surface area contributed by atoms with Crippen LogP contribution in [0.3, 0.4) is 0 Å². The third-order valence-electron chi connectivity index (χ3n) is 1.24. The lowest BCUT2D eigenvalue weighted by atomic mass is 10.7. The molecule has 0 saturated heterocycles. The van der Waals surface area contributed by atoms with Crippen molar-refractivity contribution in [2.75, 3.05) is 0 Å². The first kappa shape index (κ1) is 7.84. The van der Waals surface area contributed by atoms with Crippen molar-refractivity contribution >= 4 is 44.4 Å². The monoisotopic (exact) mass is 218 g/mol. The Bertz CT molecular complexity index is 587. The highest BCUT2D eigenvalue weighted by molar-refractivity contribution is 7.77. The average Bonchev–Trinajstić information content (AvgIpc) is 2.29. The van der Waals surface area contributed by atoms with Crippen molar-refractivity contribution in [2.45, 2.75) is 0 Å². The summed E-state index contributed by atoms with van der Waals surface area (Å²) in [5.74, 6) is 0. The van der Waals surface area contributed by atoms with Gasteiger partial charge in [0, 0.05) is 0 Å². The van der Waals surface area contributed by atoms with Crippen molar-refractivity contribution in [2.24, 2.45) is 0 Å². The Morgan fingerprint density at radius 1 is 1.17 bits per heavy atom. The molecule has 0 aliphatic heterocycles. The van der Waals surface area contributed by atoms with Gasteiger partial charge in [0.05, 0.1) is 0 Å². The van der Waals surface area contributed by atoms with E-state index in [1.54, 1.807) is 0 Å². The first-order valence-electron chi connectivity index (χ1n) is 2.93.